The van der Waals surface area contributed by atoms with Crippen molar-refractivity contribution in [1.29, 1.82) is 0 Å². The first-order valence-electron chi connectivity index (χ1n) is 4.08. The summed E-state index contributed by atoms with van der Waals surface area (Å²) in [6, 6.07) is 8.85. The van der Waals surface area contributed by atoms with Crippen molar-refractivity contribution in [3.05, 3.63) is 35.9 Å². The van der Waals surface area contributed by atoms with E-state index < -0.39 is 0 Å². The number of ether oxygens (including phenoxy) is 1. The summed E-state index contributed by atoms with van der Waals surface area (Å²) in [7, 11) is 0. The molecular weight excluding hydrogens is 244 g/mol. The van der Waals surface area contributed by atoms with Gasteiger partial charge in [0.2, 0.25) is 0 Å². The van der Waals surface area contributed by atoms with Crippen molar-refractivity contribution >= 4 is 21.9 Å². The van der Waals surface area contributed by atoms with Crippen molar-refractivity contribution in [2.45, 2.75) is 0 Å². The molecule has 0 aromatic heterocycles. The number of esters is 1. The lowest BCUT2D eigenvalue weighted by molar-refractivity contribution is 0.0556. The van der Waals surface area contributed by atoms with Crippen LogP contribution in [-0.4, -0.2) is 17.9 Å². The van der Waals surface area contributed by atoms with E-state index in [1.54, 1.807) is 24.3 Å². The summed E-state index contributed by atoms with van der Waals surface area (Å²) in [5.74, 6) is 5.10. The number of carbonyl (C=O) groups excluding carboxylic acids is 1. The van der Waals surface area contributed by atoms with Crippen LogP contribution in [0.25, 0.3) is 0 Å². The van der Waals surface area contributed by atoms with Gasteiger partial charge in [0.15, 0.2) is 6.61 Å². The molecule has 72 valence electrons. The molecule has 0 heterocycles. The Kier molecular flexibility index (Phi) is 4.81. The summed E-state index contributed by atoms with van der Waals surface area (Å²) in [6.07, 6.45) is 0. The number of hydrogen-bond donors (Lipinski definition) is 0. The van der Waals surface area contributed by atoms with Gasteiger partial charge in [0, 0.05) is 0 Å². The largest absolute Gasteiger partial charge is 0.449 e. The molecule has 0 saturated carbocycles. The lowest BCUT2D eigenvalue weighted by Crippen LogP contribution is -2.04. The number of halogens is 1. The zero-order chi connectivity index (χ0) is 10.2. The number of hydrogen-bond acceptors (Lipinski definition) is 2. The predicted octanol–water partition coefficient (Wildman–Crippen LogP) is 2.24. The average Bonchev–Trinajstić information content (AvgIpc) is 2.25. The van der Waals surface area contributed by atoms with Gasteiger partial charge in [-0.2, -0.15) is 0 Å². The highest BCUT2D eigenvalue weighted by molar-refractivity contribution is 9.09. The van der Waals surface area contributed by atoms with E-state index in [9.17, 15) is 4.79 Å². The molecule has 0 fully saturated rings. The highest BCUT2D eigenvalue weighted by Gasteiger charge is 2.03. The minimum atomic E-state index is -0.338. The van der Waals surface area contributed by atoms with Crippen LogP contribution in [0.1, 0.15) is 10.4 Å². The molecule has 0 amide bonds. The fourth-order valence-corrected chi connectivity index (χ4v) is 1.06. The van der Waals surface area contributed by atoms with Crippen LogP contribution >= 0.6 is 15.9 Å². The summed E-state index contributed by atoms with van der Waals surface area (Å²) in [6.45, 7) is 0.138. The molecule has 14 heavy (non-hydrogen) atoms. The maximum Gasteiger partial charge on any atom is 0.339 e. The number of rotatable bonds is 2. The summed E-state index contributed by atoms with van der Waals surface area (Å²) in [5.41, 5.74) is 0.549. The van der Waals surface area contributed by atoms with E-state index in [1.165, 1.54) is 0 Å². The first kappa shape index (κ1) is 10.8. The summed E-state index contributed by atoms with van der Waals surface area (Å²) in [4.78, 5) is 11.3. The molecule has 0 saturated heterocycles. The second-order valence-electron chi connectivity index (χ2n) is 2.43. The van der Waals surface area contributed by atoms with Crippen LogP contribution in [0, 0.1) is 11.8 Å². The Morgan fingerprint density at radius 1 is 1.29 bits per heavy atom. The molecule has 0 bridgehead atoms. The Balaban J connectivity index is 2.44. The van der Waals surface area contributed by atoms with Gasteiger partial charge in [0.25, 0.3) is 0 Å². The third-order valence-electron chi connectivity index (χ3n) is 1.48. The average molecular weight is 253 g/mol. The second-order valence-corrected chi connectivity index (χ2v) is 2.99. The molecule has 0 aliphatic heterocycles. The van der Waals surface area contributed by atoms with Crippen LogP contribution in [-0.2, 0) is 4.74 Å². The Hall–Kier alpha value is -1.27. The van der Waals surface area contributed by atoms with Gasteiger partial charge >= 0.3 is 5.97 Å². The number of benzene rings is 1. The minimum absolute atomic E-state index is 0.138. The first-order chi connectivity index (χ1) is 6.84. The SMILES string of the molecule is O=C(OCC#CCBr)c1ccccc1. The second kappa shape index (κ2) is 6.22. The molecule has 1 aromatic rings. The van der Waals surface area contributed by atoms with Gasteiger partial charge in [0.1, 0.15) is 0 Å². The fraction of sp³-hybridized carbons (Fsp3) is 0.182. The molecule has 0 N–H and O–H groups in total. The summed E-state index contributed by atoms with van der Waals surface area (Å²) >= 11 is 3.15. The zero-order valence-electron chi connectivity index (χ0n) is 7.50. The molecule has 0 unspecified atom stereocenters. The maximum atomic E-state index is 11.3. The van der Waals surface area contributed by atoms with E-state index >= 15 is 0 Å². The van der Waals surface area contributed by atoms with Gasteiger partial charge < -0.3 is 4.74 Å². The summed E-state index contributed by atoms with van der Waals surface area (Å²) < 4.78 is 4.90. The molecule has 0 atom stereocenters. The smallest absolute Gasteiger partial charge is 0.339 e. The topological polar surface area (TPSA) is 26.3 Å². The standard InChI is InChI=1S/C11H9BrO2/c12-8-4-5-9-14-11(13)10-6-2-1-3-7-10/h1-3,6-7H,8-9H2. The van der Waals surface area contributed by atoms with Crippen LogP contribution in [0.2, 0.25) is 0 Å². The van der Waals surface area contributed by atoms with Crippen molar-refractivity contribution < 1.29 is 9.53 Å². The quantitative estimate of drug-likeness (QED) is 0.459. The monoisotopic (exact) mass is 252 g/mol. The van der Waals surface area contributed by atoms with Gasteiger partial charge in [-0.3, -0.25) is 0 Å². The van der Waals surface area contributed by atoms with E-state index in [-0.39, 0.29) is 12.6 Å². The van der Waals surface area contributed by atoms with E-state index in [2.05, 4.69) is 27.8 Å². The predicted molar refractivity (Wildman–Crippen MR) is 58.3 cm³/mol. The van der Waals surface area contributed by atoms with Crippen molar-refractivity contribution in [3.8, 4) is 11.8 Å². The van der Waals surface area contributed by atoms with Crippen LogP contribution in [0.5, 0.6) is 0 Å². The molecule has 3 heteroatoms. The van der Waals surface area contributed by atoms with Crippen LogP contribution < -0.4 is 0 Å². The van der Waals surface area contributed by atoms with Crippen LogP contribution in [0.15, 0.2) is 30.3 Å². The zero-order valence-corrected chi connectivity index (χ0v) is 9.08. The molecule has 0 aliphatic carbocycles. The molecule has 2 nitrogen and oxygen atoms in total. The van der Waals surface area contributed by atoms with Gasteiger partial charge in [-0.15, -0.1) is 0 Å². The molecule has 0 radical (unpaired) electrons. The number of alkyl halides is 1. The maximum absolute atomic E-state index is 11.3. The van der Waals surface area contributed by atoms with Gasteiger partial charge in [-0.25, -0.2) is 4.79 Å². The fourth-order valence-electron chi connectivity index (χ4n) is 0.857. The van der Waals surface area contributed by atoms with E-state index in [0.29, 0.717) is 10.9 Å². The van der Waals surface area contributed by atoms with Gasteiger partial charge in [0.05, 0.1) is 10.9 Å². The molecular formula is C11H9BrO2. The van der Waals surface area contributed by atoms with Crippen molar-refractivity contribution in [2.24, 2.45) is 0 Å². The van der Waals surface area contributed by atoms with E-state index in [1.807, 2.05) is 6.07 Å². The van der Waals surface area contributed by atoms with Gasteiger partial charge in [-0.05, 0) is 12.1 Å². The van der Waals surface area contributed by atoms with E-state index in [4.69, 9.17) is 4.74 Å². The molecule has 1 aromatic carbocycles. The van der Waals surface area contributed by atoms with Crippen molar-refractivity contribution in [1.82, 2.24) is 0 Å². The van der Waals surface area contributed by atoms with Crippen molar-refractivity contribution in [3.63, 3.8) is 0 Å². The molecule has 0 spiro atoms. The molecule has 1 rings (SSSR count). The third kappa shape index (κ3) is 3.63. The van der Waals surface area contributed by atoms with E-state index in [0.717, 1.165) is 0 Å². The Morgan fingerprint density at radius 2 is 2.00 bits per heavy atom. The van der Waals surface area contributed by atoms with Crippen LogP contribution in [0.3, 0.4) is 0 Å². The number of carbonyl (C=O) groups is 1. The van der Waals surface area contributed by atoms with Crippen LogP contribution in [0.4, 0.5) is 0 Å². The third-order valence-corrected chi connectivity index (χ3v) is 1.76. The Morgan fingerprint density at radius 3 is 2.64 bits per heavy atom. The first-order valence-corrected chi connectivity index (χ1v) is 5.20. The minimum Gasteiger partial charge on any atom is -0.449 e. The molecule has 0 aliphatic rings. The lowest BCUT2D eigenvalue weighted by atomic mass is 10.2. The summed E-state index contributed by atoms with van der Waals surface area (Å²) in [5, 5.41) is 0.593. The van der Waals surface area contributed by atoms with Gasteiger partial charge in [-0.1, -0.05) is 46.0 Å². The lowest BCUT2D eigenvalue weighted by Gasteiger charge is -1.99. The van der Waals surface area contributed by atoms with Crippen molar-refractivity contribution in [2.75, 3.05) is 11.9 Å². The highest BCUT2D eigenvalue weighted by atomic mass is 79.9. The normalized spacial score (nSPS) is 8.64. The Labute approximate surface area is 91.4 Å². The highest BCUT2D eigenvalue weighted by Crippen LogP contribution is 2.00. The Bertz CT molecular complexity index is 349.